The maximum absolute atomic E-state index is 13.3. The van der Waals surface area contributed by atoms with E-state index in [1.54, 1.807) is 12.1 Å². The highest BCUT2D eigenvalue weighted by Gasteiger charge is 2.57. The lowest BCUT2D eigenvalue weighted by Gasteiger charge is -2.51. The van der Waals surface area contributed by atoms with Gasteiger partial charge in [-0.15, -0.1) is 16.0 Å². The minimum Gasteiger partial charge on any atom is -0.724 e. The number of carbonyl (C=O) groups is 3. The fourth-order valence-corrected chi connectivity index (χ4v) is 6.19. The third-order valence-corrected chi connectivity index (χ3v) is 9.05. The van der Waals surface area contributed by atoms with Gasteiger partial charge in [-0.1, -0.05) is 17.3 Å². The van der Waals surface area contributed by atoms with E-state index in [2.05, 4.69) is 46.8 Å². The first-order valence-corrected chi connectivity index (χ1v) is 17.6. The number of aromatic nitrogens is 3. The fraction of sp³-hybridized carbons (Fsp3) is 0.448. The van der Waals surface area contributed by atoms with Crippen molar-refractivity contribution in [2.45, 2.75) is 51.0 Å². The Kier molecular flexibility index (Phi) is 11.0. The number of nitrogens with two attached hydrogens (primary N) is 2. The Morgan fingerprint density at radius 2 is 2.00 bits per heavy atom. The van der Waals surface area contributed by atoms with E-state index in [4.69, 9.17) is 21.0 Å². The minimum atomic E-state index is -5.27. The Morgan fingerprint density at radius 3 is 2.56 bits per heavy atom. The molecule has 2 fully saturated rings. The van der Waals surface area contributed by atoms with Gasteiger partial charge in [0.25, 0.3) is 17.9 Å². The van der Waals surface area contributed by atoms with E-state index >= 15 is 0 Å². The summed E-state index contributed by atoms with van der Waals surface area (Å²) in [6.45, 7) is 6.39. The normalized spacial score (nSPS) is 18.2. The number of aliphatic carboxylic acids is 1. The summed E-state index contributed by atoms with van der Waals surface area (Å²) in [6, 6.07) is 5.72. The van der Waals surface area contributed by atoms with Crippen molar-refractivity contribution in [2.75, 3.05) is 32.0 Å². The quantitative estimate of drug-likeness (QED) is 0.0272. The molecule has 2 amide bonds. The van der Waals surface area contributed by atoms with Crippen molar-refractivity contribution in [1.29, 1.82) is 0 Å². The van der Waals surface area contributed by atoms with Gasteiger partial charge >= 0.3 is 5.97 Å². The summed E-state index contributed by atoms with van der Waals surface area (Å²) in [5.74, 6) is -2.60. The number of nitrogens with zero attached hydrogens (tertiary/aromatic N) is 5. The topological polar surface area (TPSA) is 270 Å². The molecule has 2 aromatic heterocycles. The Bertz CT molecular complexity index is 1860. The number of nitrogens with one attached hydrogen (secondary N) is 2. The van der Waals surface area contributed by atoms with Crippen LogP contribution in [0.5, 0.6) is 5.75 Å². The molecule has 0 radical (unpaired) electrons. The summed E-state index contributed by atoms with van der Waals surface area (Å²) < 4.78 is 47.3. The number of rotatable bonds is 17. The molecule has 2 aliphatic rings. The first-order chi connectivity index (χ1) is 23.7. The molecule has 0 aliphatic carbocycles. The molecule has 21 heteroatoms. The molecule has 2 atom stereocenters. The first kappa shape index (κ1) is 36.6. The van der Waals surface area contributed by atoms with E-state index in [-0.39, 0.29) is 10.8 Å². The van der Waals surface area contributed by atoms with Gasteiger partial charge in [0.15, 0.2) is 17.4 Å². The second-order valence-electron chi connectivity index (χ2n) is 12.1. The SMILES string of the molecule is CC1(C)[C@H](NC(=O)/C(=N\OC(COc2ccc(-c3cn(CCCN)[n+](CC4CNC4)c3)cc2)C(=O)O)c2csc(N)n2)C(=O)N1OS(=O)(=O)[O-]. The lowest BCUT2D eigenvalue weighted by atomic mass is 9.84. The number of anilines is 1. The van der Waals surface area contributed by atoms with Gasteiger partial charge in [-0.2, -0.15) is 14.0 Å². The van der Waals surface area contributed by atoms with Crippen LogP contribution < -0.4 is 31.5 Å². The summed E-state index contributed by atoms with van der Waals surface area (Å²) in [4.78, 5) is 47.0. The highest BCUT2D eigenvalue weighted by atomic mass is 32.3. The number of carbonyl (C=O) groups excluding carboxylic acids is 2. The molecular formula is C29H37N9O10S2. The lowest BCUT2D eigenvalue weighted by Crippen LogP contribution is -2.76. The Balaban J connectivity index is 1.25. The van der Waals surface area contributed by atoms with Gasteiger partial charge in [0.05, 0.1) is 23.8 Å². The van der Waals surface area contributed by atoms with Crippen LogP contribution in [-0.4, -0.2) is 100 Å². The highest BCUT2D eigenvalue weighted by Crippen LogP contribution is 2.33. The smallest absolute Gasteiger partial charge is 0.351 e. The number of thiazole rings is 1. The van der Waals surface area contributed by atoms with Gasteiger partial charge in [-0.25, -0.2) is 18.2 Å². The van der Waals surface area contributed by atoms with Crippen molar-refractivity contribution in [2.24, 2.45) is 16.8 Å². The number of hydroxylamine groups is 2. The number of ether oxygens (including phenoxy) is 1. The Hall–Kier alpha value is -4.67. The van der Waals surface area contributed by atoms with E-state index in [9.17, 15) is 32.5 Å². The van der Waals surface area contributed by atoms with Crippen LogP contribution in [0.2, 0.25) is 0 Å². The summed E-state index contributed by atoms with van der Waals surface area (Å²) >= 11 is 0.957. The molecule has 0 spiro atoms. The molecule has 0 bridgehead atoms. The van der Waals surface area contributed by atoms with Crippen molar-refractivity contribution in [3.05, 3.63) is 47.7 Å². The second kappa shape index (κ2) is 15.1. The molecule has 7 N–H and O–H groups in total. The molecule has 3 aromatic rings. The van der Waals surface area contributed by atoms with Crippen molar-refractivity contribution < 1.29 is 51.0 Å². The molecule has 2 aliphatic heterocycles. The van der Waals surface area contributed by atoms with E-state index in [1.807, 2.05) is 12.1 Å². The van der Waals surface area contributed by atoms with E-state index < -0.39 is 58.2 Å². The van der Waals surface area contributed by atoms with Gasteiger partial charge in [0, 0.05) is 24.4 Å². The zero-order chi connectivity index (χ0) is 36.2. The zero-order valence-corrected chi connectivity index (χ0v) is 28.7. The predicted molar refractivity (Wildman–Crippen MR) is 175 cm³/mol. The number of benzene rings is 1. The second-order valence-corrected chi connectivity index (χ2v) is 14.0. The number of amides is 2. The molecular weight excluding hydrogens is 699 g/mol. The van der Waals surface area contributed by atoms with Gasteiger partial charge in [-0.3, -0.25) is 9.59 Å². The maximum Gasteiger partial charge on any atom is 0.351 e. The van der Waals surface area contributed by atoms with Crippen molar-refractivity contribution in [3.63, 3.8) is 0 Å². The molecule has 2 saturated heterocycles. The third-order valence-electron chi connectivity index (χ3n) is 8.04. The van der Waals surface area contributed by atoms with Crippen LogP contribution in [0.3, 0.4) is 0 Å². The maximum atomic E-state index is 13.3. The van der Waals surface area contributed by atoms with Crippen molar-refractivity contribution in [3.8, 4) is 16.9 Å². The zero-order valence-electron chi connectivity index (χ0n) is 27.1. The summed E-state index contributed by atoms with van der Waals surface area (Å²) in [5, 5.41) is 20.9. The van der Waals surface area contributed by atoms with Crippen LogP contribution in [-0.2, 0) is 47.0 Å². The minimum absolute atomic E-state index is 0.0555. The van der Waals surface area contributed by atoms with E-state index in [0.717, 1.165) is 55.1 Å². The van der Waals surface area contributed by atoms with E-state index in [0.29, 0.717) is 23.3 Å². The monoisotopic (exact) mass is 735 g/mol. The number of β-lactam (4-membered cyclic amide) rings is 1. The molecule has 0 saturated carbocycles. The van der Waals surface area contributed by atoms with E-state index in [1.165, 1.54) is 19.2 Å². The van der Waals surface area contributed by atoms with Gasteiger partial charge in [-0.05, 0) is 44.5 Å². The molecule has 4 heterocycles. The average molecular weight is 736 g/mol. The highest BCUT2D eigenvalue weighted by molar-refractivity contribution is 7.80. The molecule has 1 unspecified atom stereocenters. The van der Waals surface area contributed by atoms with Crippen LogP contribution in [0.15, 0.2) is 47.2 Å². The van der Waals surface area contributed by atoms with Crippen LogP contribution in [0, 0.1) is 5.92 Å². The molecule has 19 nitrogen and oxygen atoms in total. The molecule has 270 valence electrons. The number of hydrogen-bond acceptors (Lipinski definition) is 15. The van der Waals surface area contributed by atoms with Crippen molar-refractivity contribution in [1.82, 2.24) is 25.4 Å². The third kappa shape index (κ3) is 8.54. The molecule has 1 aromatic carbocycles. The number of aryl methyl sites for hydroxylation is 1. The Morgan fingerprint density at radius 1 is 1.28 bits per heavy atom. The van der Waals surface area contributed by atoms with Gasteiger partial charge < -0.3 is 41.3 Å². The van der Waals surface area contributed by atoms with Gasteiger partial charge in [0.1, 0.15) is 24.1 Å². The number of hydrogen-bond donors (Lipinski definition) is 5. The van der Waals surface area contributed by atoms with Crippen molar-refractivity contribution >= 4 is 50.4 Å². The number of oxime groups is 1. The van der Waals surface area contributed by atoms with Crippen LogP contribution in [0.1, 0.15) is 26.0 Å². The average Bonchev–Trinajstić information content (AvgIpc) is 3.66. The standard InChI is InChI=1S/C29H37N9O10S2/c1-29(2)24(26(40)38(29)48-50(43,44)45)34-25(39)23(21-16-49-28(31)33-21)35-47-22(27(41)42)15-46-20-6-4-18(5-7-20)19-13-36(9-3-8-30)37(14-19)12-17-10-32-11-17/h4-7,13-14,16-17,22,24,32H,3,8-12,15,30H2,1-2H3,(H4-,31,33,34,39,41,42,43,44,45)/b35-23-/t22?,24-/m1/s1. The number of carboxylic acids is 1. The fourth-order valence-electron chi connectivity index (χ4n) is 5.19. The summed E-state index contributed by atoms with van der Waals surface area (Å²) in [5.41, 5.74) is 11.3. The van der Waals surface area contributed by atoms with Crippen LogP contribution in [0.4, 0.5) is 5.13 Å². The largest absolute Gasteiger partial charge is 0.724 e. The Labute approximate surface area is 290 Å². The van der Waals surface area contributed by atoms with Crippen LogP contribution in [0.25, 0.3) is 11.1 Å². The summed E-state index contributed by atoms with van der Waals surface area (Å²) in [7, 11) is -5.27. The van der Waals surface area contributed by atoms with Gasteiger partial charge in [0.2, 0.25) is 16.6 Å². The summed E-state index contributed by atoms with van der Waals surface area (Å²) in [6.07, 6.45) is 3.31. The lowest BCUT2D eigenvalue weighted by molar-refractivity contribution is -0.781. The predicted octanol–water partition coefficient (Wildman–Crippen LogP) is -1.20. The molecule has 50 heavy (non-hydrogen) atoms. The number of carboxylic acid groups (broad SMARTS) is 1. The first-order valence-electron chi connectivity index (χ1n) is 15.4. The molecule has 5 rings (SSSR count). The number of nitrogen functional groups attached to an aromatic ring is 1. The van der Waals surface area contributed by atoms with Crippen LogP contribution >= 0.6 is 11.3 Å².